The standard InChI is InChI=1S/C16H19N3O3/c1-12-11-19(6-8-21-12)15-5-4-13(9-17-15)10-18-16(20)14-3-2-7-22-14/h2-5,7,9,12H,6,8,10-11H2,1H3,(H,18,20)/t12-/m1/s1. The minimum Gasteiger partial charge on any atom is -0.459 e. The van der Waals surface area contributed by atoms with Crippen LogP contribution in [0.4, 0.5) is 5.82 Å². The number of hydrogen-bond donors (Lipinski definition) is 1. The van der Waals surface area contributed by atoms with Crippen LogP contribution < -0.4 is 10.2 Å². The Morgan fingerprint density at radius 1 is 1.45 bits per heavy atom. The zero-order valence-corrected chi connectivity index (χ0v) is 12.5. The summed E-state index contributed by atoms with van der Waals surface area (Å²) in [6.07, 6.45) is 3.50. The summed E-state index contributed by atoms with van der Waals surface area (Å²) in [6.45, 7) is 4.91. The molecular formula is C16H19N3O3. The number of amides is 1. The van der Waals surface area contributed by atoms with E-state index in [2.05, 4.69) is 22.1 Å². The van der Waals surface area contributed by atoms with Crippen LogP contribution in [0.1, 0.15) is 23.0 Å². The molecule has 2 aromatic heterocycles. The van der Waals surface area contributed by atoms with Crippen LogP contribution in [0.5, 0.6) is 0 Å². The largest absolute Gasteiger partial charge is 0.459 e. The van der Waals surface area contributed by atoms with Crippen molar-refractivity contribution in [2.75, 3.05) is 24.6 Å². The van der Waals surface area contributed by atoms with Crippen LogP contribution in [0.2, 0.25) is 0 Å². The van der Waals surface area contributed by atoms with Gasteiger partial charge in [-0.3, -0.25) is 4.79 Å². The average Bonchev–Trinajstić information content (AvgIpc) is 3.08. The Bertz CT molecular complexity index is 610. The van der Waals surface area contributed by atoms with E-state index in [0.29, 0.717) is 12.3 Å². The fraction of sp³-hybridized carbons (Fsp3) is 0.375. The molecule has 1 saturated heterocycles. The highest BCUT2D eigenvalue weighted by atomic mass is 16.5. The van der Waals surface area contributed by atoms with E-state index in [1.54, 1.807) is 18.3 Å². The van der Waals surface area contributed by atoms with Crippen molar-refractivity contribution in [1.82, 2.24) is 10.3 Å². The number of carbonyl (C=O) groups excluding carboxylic acids is 1. The molecule has 1 amide bonds. The Labute approximate surface area is 129 Å². The third kappa shape index (κ3) is 3.46. The van der Waals surface area contributed by atoms with Gasteiger partial charge in [-0.25, -0.2) is 4.98 Å². The van der Waals surface area contributed by atoms with Crippen molar-refractivity contribution < 1.29 is 13.9 Å². The number of nitrogens with zero attached hydrogens (tertiary/aromatic N) is 2. The Hall–Kier alpha value is -2.34. The molecule has 1 aliphatic heterocycles. The normalized spacial score (nSPS) is 18.2. The number of carbonyl (C=O) groups is 1. The van der Waals surface area contributed by atoms with Gasteiger partial charge in [0.15, 0.2) is 5.76 Å². The second-order valence-electron chi connectivity index (χ2n) is 5.31. The van der Waals surface area contributed by atoms with Gasteiger partial charge >= 0.3 is 0 Å². The number of nitrogens with one attached hydrogen (secondary N) is 1. The molecular weight excluding hydrogens is 282 g/mol. The van der Waals surface area contributed by atoms with Crippen LogP contribution >= 0.6 is 0 Å². The van der Waals surface area contributed by atoms with Gasteiger partial charge in [0.2, 0.25) is 0 Å². The van der Waals surface area contributed by atoms with Gasteiger partial charge in [-0.05, 0) is 30.7 Å². The van der Waals surface area contributed by atoms with E-state index in [1.165, 1.54) is 6.26 Å². The zero-order valence-electron chi connectivity index (χ0n) is 12.5. The first-order valence-electron chi connectivity index (χ1n) is 7.35. The van der Waals surface area contributed by atoms with Crippen LogP contribution in [-0.4, -0.2) is 36.7 Å². The van der Waals surface area contributed by atoms with E-state index in [1.807, 2.05) is 12.1 Å². The van der Waals surface area contributed by atoms with Crippen LogP contribution in [0.15, 0.2) is 41.1 Å². The minimum absolute atomic E-state index is 0.225. The number of morpholine rings is 1. The molecule has 0 unspecified atom stereocenters. The second kappa shape index (κ2) is 6.62. The summed E-state index contributed by atoms with van der Waals surface area (Å²) in [5.41, 5.74) is 0.949. The summed E-state index contributed by atoms with van der Waals surface area (Å²) >= 11 is 0. The first-order valence-corrected chi connectivity index (χ1v) is 7.35. The quantitative estimate of drug-likeness (QED) is 0.933. The predicted molar refractivity (Wildman–Crippen MR) is 81.7 cm³/mol. The SMILES string of the molecule is C[C@@H]1CN(c2ccc(CNC(=O)c3ccco3)cn2)CCO1. The first kappa shape index (κ1) is 14.6. The molecule has 1 atom stereocenters. The maximum atomic E-state index is 11.8. The van der Waals surface area contributed by atoms with E-state index < -0.39 is 0 Å². The summed E-state index contributed by atoms with van der Waals surface area (Å²) in [4.78, 5) is 18.5. The Morgan fingerprint density at radius 3 is 3.05 bits per heavy atom. The van der Waals surface area contributed by atoms with Gasteiger partial charge in [-0.15, -0.1) is 0 Å². The lowest BCUT2D eigenvalue weighted by molar-refractivity contribution is 0.0529. The number of furan rings is 1. The minimum atomic E-state index is -0.226. The molecule has 1 aliphatic rings. The lowest BCUT2D eigenvalue weighted by Crippen LogP contribution is -2.41. The summed E-state index contributed by atoms with van der Waals surface area (Å²) in [5.74, 6) is 1.03. The Balaban J connectivity index is 1.56. The van der Waals surface area contributed by atoms with E-state index in [0.717, 1.165) is 31.1 Å². The first-order chi connectivity index (χ1) is 10.7. The van der Waals surface area contributed by atoms with Crippen LogP contribution in [0, 0.1) is 0 Å². The highest BCUT2D eigenvalue weighted by Crippen LogP contribution is 2.15. The van der Waals surface area contributed by atoms with Crippen LogP contribution in [0.25, 0.3) is 0 Å². The fourth-order valence-electron chi connectivity index (χ4n) is 2.41. The predicted octanol–water partition coefficient (Wildman–Crippen LogP) is 1.83. The Kier molecular flexibility index (Phi) is 4.39. The van der Waals surface area contributed by atoms with Crippen molar-refractivity contribution in [3.8, 4) is 0 Å². The van der Waals surface area contributed by atoms with Crippen molar-refractivity contribution in [1.29, 1.82) is 0 Å². The third-order valence-electron chi connectivity index (χ3n) is 3.57. The maximum Gasteiger partial charge on any atom is 0.287 e. The molecule has 0 aliphatic carbocycles. The van der Waals surface area contributed by atoms with Gasteiger partial charge in [-0.1, -0.05) is 6.07 Å². The smallest absolute Gasteiger partial charge is 0.287 e. The van der Waals surface area contributed by atoms with Gasteiger partial charge in [0.05, 0.1) is 19.0 Å². The van der Waals surface area contributed by atoms with Crippen LogP contribution in [-0.2, 0) is 11.3 Å². The number of anilines is 1. The molecule has 116 valence electrons. The molecule has 6 nitrogen and oxygen atoms in total. The summed E-state index contributed by atoms with van der Waals surface area (Å²) in [5, 5.41) is 2.80. The third-order valence-corrected chi connectivity index (χ3v) is 3.57. The molecule has 0 aromatic carbocycles. The van der Waals surface area contributed by atoms with E-state index in [-0.39, 0.29) is 12.0 Å². The Morgan fingerprint density at radius 2 is 2.36 bits per heavy atom. The molecule has 0 radical (unpaired) electrons. The van der Waals surface area contributed by atoms with Gasteiger partial charge in [0, 0.05) is 25.8 Å². The number of aromatic nitrogens is 1. The number of rotatable bonds is 4. The van der Waals surface area contributed by atoms with E-state index in [9.17, 15) is 4.79 Å². The van der Waals surface area contributed by atoms with Crippen molar-refractivity contribution in [2.45, 2.75) is 19.6 Å². The molecule has 2 aromatic rings. The van der Waals surface area contributed by atoms with Crippen molar-refractivity contribution in [3.63, 3.8) is 0 Å². The van der Waals surface area contributed by atoms with E-state index >= 15 is 0 Å². The van der Waals surface area contributed by atoms with Gasteiger partial charge in [0.1, 0.15) is 5.82 Å². The summed E-state index contributed by atoms with van der Waals surface area (Å²) in [6, 6.07) is 7.28. The summed E-state index contributed by atoms with van der Waals surface area (Å²) < 4.78 is 10.6. The van der Waals surface area contributed by atoms with E-state index in [4.69, 9.17) is 9.15 Å². The molecule has 1 fully saturated rings. The highest BCUT2D eigenvalue weighted by molar-refractivity contribution is 5.91. The maximum absolute atomic E-state index is 11.8. The molecule has 0 saturated carbocycles. The number of pyridine rings is 1. The van der Waals surface area contributed by atoms with Crippen molar-refractivity contribution in [3.05, 3.63) is 48.0 Å². The van der Waals surface area contributed by atoms with Gasteiger partial charge in [-0.2, -0.15) is 0 Å². The fourth-order valence-corrected chi connectivity index (χ4v) is 2.41. The highest BCUT2D eigenvalue weighted by Gasteiger charge is 2.17. The molecule has 3 heterocycles. The van der Waals surface area contributed by atoms with Crippen LogP contribution in [0.3, 0.4) is 0 Å². The molecule has 0 bridgehead atoms. The van der Waals surface area contributed by atoms with Gasteiger partial charge in [0.25, 0.3) is 5.91 Å². The number of ether oxygens (including phenoxy) is 1. The average molecular weight is 301 g/mol. The lowest BCUT2D eigenvalue weighted by Gasteiger charge is -2.32. The molecule has 6 heteroatoms. The molecule has 0 spiro atoms. The molecule has 3 rings (SSSR count). The lowest BCUT2D eigenvalue weighted by atomic mass is 10.2. The van der Waals surface area contributed by atoms with Crippen molar-refractivity contribution >= 4 is 11.7 Å². The monoisotopic (exact) mass is 301 g/mol. The van der Waals surface area contributed by atoms with Crippen molar-refractivity contribution in [2.24, 2.45) is 0 Å². The number of hydrogen-bond acceptors (Lipinski definition) is 5. The topological polar surface area (TPSA) is 67.6 Å². The van der Waals surface area contributed by atoms with Gasteiger partial charge < -0.3 is 19.4 Å². The second-order valence-corrected chi connectivity index (χ2v) is 5.31. The molecule has 1 N–H and O–H groups in total. The summed E-state index contributed by atoms with van der Waals surface area (Å²) in [7, 11) is 0. The zero-order chi connectivity index (χ0) is 15.4. The molecule has 22 heavy (non-hydrogen) atoms.